The molecule has 0 amide bonds. The summed E-state index contributed by atoms with van der Waals surface area (Å²) >= 11 is 0. The zero-order chi connectivity index (χ0) is 14.3. The highest BCUT2D eigenvalue weighted by Gasteiger charge is 2.70. The van der Waals surface area contributed by atoms with E-state index >= 15 is 0 Å². The SMILES string of the molecule is CC1=C(C)C2(C)C(C)=C(C)C(C)(C)C2(C)C1(C)C. The van der Waals surface area contributed by atoms with E-state index in [1.54, 1.807) is 22.3 Å². The highest BCUT2D eigenvalue weighted by atomic mass is 14.7. The van der Waals surface area contributed by atoms with Crippen molar-refractivity contribution < 1.29 is 0 Å². The standard InChI is InChI=1S/C18H30/c1-11-13(3)17(9)14(4)12(2)16(7,8)18(17,10)15(11,5)6/h1-10H3. The van der Waals surface area contributed by atoms with Crippen LogP contribution >= 0.6 is 0 Å². The van der Waals surface area contributed by atoms with Crippen molar-refractivity contribution in [1.82, 2.24) is 0 Å². The molecule has 0 atom stereocenters. The van der Waals surface area contributed by atoms with Crippen LogP contribution in [0.15, 0.2) is 22.3 Å². The van der Waals surface area contributed by atoms with Crippen LogP contribution in [0.1, 0.15) is 69.2 Å². The molecule has 0 spiro atoms. The first-order chi connectivity index (χ1) is 7.88. The Labute approximate surface area is 114 Å². The van der Waals surface area contributed by atoms with Crippen LogP contribution in [0.25, 0.3) is 0 Å². The summed E-state index contributed by atoms with van der Waals surface area (Å²) in [6, 6.07) is 0. The lowest BCUT2D eigenvalue weighted by Gasteiger charge is -2.55. The van der Waals surface area contributed by atoms with Gasteiger partial charge in [-0.25, -0.2) is 0 Å². The monoisotopic (exact) mass is 246 g/mol. The molecule has 0 saturated carbocycles. The van der Waals surface area contributed by atoms with Gasteiger partial charge in [-0.05, 0) is 43.9 Å². The first kappa shape index (κ1) is 13.9. The lowest BCUT2D eigenvalue weighted by Crippen LogP contribution is -2.49. The van der Waals surface area contributed by atoms with Gasteiger partial charge in [0.05, 0.1) is 0 Å². The second-order valence-corrected chi connectivity index (χ2v) is 8.00. The van der Waals surface area contributed by atoms with E-state index < -0.39 is 0 Å². The fourth-order valence-electron chi connectivity index (χ4n) is 5.50. The molecule has 0 nitrogen and oxygen atoms in total. The predicted octanol–water partition coefficient (Wildman–Crippen LogP) is 5.75. The van der Waals surface area contributed by atoms with E-state index in [4.69, 9.17) is 0 Å². The van der Waals surface area contributed by atoms with Crippen LogP contribution in [-0.4, -0.2) is 0 Å². The molecule has 2 aliphatic carbocycles. The second kappa shape index (κ2) is 3.14. The van der Waals surface area contributed by atoms with Crippen molar-refractivity contribution in [2.45, 2.75) is 69.2 Å². The molecule has 0 aromatic carbocycles. The van der Waals surface area contributed by atoms with E-state index in [-0.39, 0.29) is 21.7 Å². The molecule has 2 rings (SSSR count). The number of rotatable bonds is 0. The average molecular weight is 246 g/mol. The molecule has 0 heteroatoms. The fraction of sp³-hybridized carbons (Fsp3) is 0.778. The van der Waals surface area contributed by atoms with Gasteiger partial charge < -0.3 is 0 Å². The number of hydrogen-bond donors (Lipinski definition) is 0. The number of allylic oxidation sites excluding steroid dienone is 4. The summed E-state index contributed by atoms with van der Waals surface area (Å²) < 4.78 is 0. The fourth-order valence-corrected chi connectivity index (χ4v) is 5.50. The Kier molecular flexibility index (Phi) is 2.42. The third-order valence-electron chi connectivity index (χ3n) is 8.00. The van der Waals surface area contributed by atoms with Gasteiger partial charge in [-0.15, -0.1) is 0 Å². The van der Waals surface area contributed by atoms with Crippen LogP contribution < -0.4 is 0 Å². The Morgan fingerprint density at radius 2 is 0.778 bits per heavy atom. The molecule has 0 fully saturated rings. The molecule has 0 radical (unpaired) electrons. The van der Waals surface area contributed by atoms with Crippen molar-refractivity contribution in [3.63, 3.8) is 0 Å². The Morgan fingerprint density at radius 1 is 0.500 bits per heavy atom. The zero-order valence-corrected chi connectivity index (χ0v) is 14.0. The molecule has 0 aromatic heterocycles. The lowest BCUT2D eigenvalue weighted by atomic mass is 9.48. The van der Waals surface area contributed by atoms with Crippen molar-refractivity contribution in [1.29, 1.82) is 0 Å². The minimum Gasteiger partial charge on any atom is -0.0672 e. The van der Waals surface area contributed by atoms with Gasteiger partial charge in [0.2, 0.25) is 0 Å². The summed E-state index contributed by atoms with van der Waals surface area (Å²) in [5, 5.41) is 0. The minimum atomic E-state index is 0.230. The number of fused-ring (bicyclic) bond motifs is 1. The van der Waals surface area contributed by atoms with Gasteiger partial charge in [-0.3, -0.25) is 0 Å². The molecule has 0 bridgehead atoms. The molecular formula is C18H30. The van der Waals surface area contributed by atoms with Gasteiger partial charge in [-0.1, -0.05) is 63.8 Å². The second-order valence-electron chi connectivity index (χ2n) is 8.00. The highest BCUT2D eigenvalue weighted by Crippen LogP contribution is 2.78. The zero-order valence-electron chi connectivity index (χ0n) is 14.0. The topological polar surface area (TPSA) is 0 Å². The van der Waals surface area contributed by atoms with Gasteiger partial charge >= 0.3 is 0 Å². The smallest absolute Gasteiger partial charge is 0.0162 e. The summed E-state index contributed by atoms with van der Waals surface area (Å²) in [4.78, 5) is 0. The Morgan fingerprint density at radius 3 is 1.00 bits per heavy atom. The van der Waals surface area contributed by atoms with Crippen molar-refractivity contribution in [3.8, 4) is 0 Å². The molecule has 2 aliphatic rings. The maximum atomic E-state index is 2.52. The van der Waals surface area contributed by atoms with Crippen LogP contribution in [0, 0.1) is 21.7 Å². The molecule has 0 aromatic rings. The Hall–Kier alpha value is -0.520. The Balaban J connectivity index is 2.90. The number of hydrogen-bond acceptors (Lipinski definition) is 0. The molecule has 0 unspecified atom stereocenters. The quantitative estimate of drug-likeness (QED) is 0.477. The van der Waals surface area contributed by atoms with E-state index in [9.17, 15) is 0 Å². The van der Waals surface area contributed by atoms with Crippen molar-refractivity contribution in [2.24, 2.45) is 21.7 Å². The summed E-state index contributed by atoms with van der Waals surface area (Å²) in [6.45, 7) is 24.2. The molecule has 0 saturated heterocycles. The molecule has 18 heavy (non-hydrogen) atoms. The third-order valence-corrected chi connectivity index (χ3v) is 8.00. The summed E-state index contributed by atoms with van der Waals surface area (Å²) in [5.74, 6) is 0. The predicted molar refractivity (Wildman–Crippen MR) is 80.5 cm³/mol. The molecule has 0 N–H and O–H groups in total. The first-order valence-corrected chi connectivity index (χ1v) is 7.25. The van der Waals surface area contributed by atoms with Gasteiger partial charge in [0, 0.05) is 5.41 Å². The average Bonchev–Trinajstić information content (AvgIpc) is 2.46. The maximum absolute atomic E-state index is 2.52. The maximum Gasteiger partial charge on any atom is 0.0162 e. The normalized spacial score (nSPS) is 41.7. The third kappa shape index (κ3) is 0.949. The van der Waals surface area contributed by atoms with Crippen LogP contribution in [0.2, 0.25) is 0 Å². The highest BCUT2D eigenvalue weighted by molar-refractivity contribution is 5.53. The molecule has 102 valence electrons. The summed E-state index contributed by atoms with van der Waals surface area (Å²) in [7, 11) is 0. The summed E-state index contributed by atoms with van der Waals surface area (Å²) in [5.41, 5.74) is 7.45. The lowest BCUT2D eigenvalue weighted by molar-refractivity contribution is -0.0260. The van der Waals surface area contributed by atoms with E-state index in [1.165, 1.54) is 0 Å². The van der Waals surface area contributed by atoms with Crippen molar-refractivity contribution >= 4 is 0 Å². The van der Waals surface area contributed by atoms with Crippen molar-refractivity contribution in [2.75, 3.05) is 0 Å². The molecule has 0 heterocycles. The Bertz CT molecular complexity index is 442. The largest absolute Gasteiger partial charge is 0.0672 e. The van der Waals surface area contributed by atoms with Gasteiger partial charge in [0.25, 0.3) is 0 Å². The van der Waals surface area contributed by atoms with Crippen LogP contribution in [-0.2, 0) is 0 Å². The van der Waals surface area contributed by atoms with Gasteiger partial charge in [0.15, 0.2) is 0 Å². The minimum absolute atomic E-state index is 0.230. The van der Waals surface area contributed by atoms with Gasteiger partial charge in [-0.2, -0.15) is 0 Å². The van der Waals surface area contributed by atoms with E-state index in [0.717, 1.165) is 0 Å². The van der Waals surface area contributed by atoms with E-state index in [2.05, 4.69) is 69.2 Å². The van der Waals surface area contributed by atoms with Crippen LogP contribution in [0.3, 0.4) is 0 Å². The molecular weight excluding hydrogens is 216 g/mol. The molecule has 0 aliphatic heterocycles. The van der Waals surface area contributed by atoms with Crippen LogP contribution in [0.5, 0.6) is 0 Å². The first-order valence-electron chi connectivity index (χ1n) is 7.25. The summed E-state index contributed by atoms with van der Waals surface area (Å²) in [6.07, 6.45) is 0. The van der Waals surface area contributed by atoms with Gasteiger partial charge in [0.1, 0.15) is 0 Å². The van der Waals surface area contributed by atoms with Crippen molar-refractivity contribution in [3.05, 3.63) is 22.3 Å². The van der Waals surface area contributed by atoms with E-state index in [1.807, 2.05) is 0 Å². The van der Waals surface area contributed by atoms with Crippen LogP contribution in [0.4, 0.5) is 0 Å². The van der Waals surface area contributed by atoms with E-state index in [0.29, 0.717) is 0 Å².